The van der Waals surface area contributed by atoms with Crippen molar-refractivity contribution in [2.24, 2.45) is 5.41 Å². The van der Waals surface area contributed by atoms with Crippen LogP contribution >= 0.6 is 0 Å². The highest BCUT2D eigenvalue weighted by Crippen LogP contribution is 2.45. The summed E-state index contributed by atoms with van der Waals surface area (Å²) in [4.78, 5) is 38.2. The van der Waals surface area contributed by atoms with E-state index in [0.29, 0.717) is 18.6 Å². The number of esters is 1. The summed E-state index contributed by atoms with van der Waals surface area (Å²) in [5.74, 6) is -0.569. The van der Waals surface area contributed by atoms with Crippen molar-refractivity contribution in [3.8, 4) is 0 Å². The van der Waals surface area contributed by atoms with E-state index in [9.17, 15) is 14.4 Å². The Balaban J connectivity index is 2.44. The fourth-order valence-corrected chi connectivity index (χ4v) is 3.27. The van der Waals surface area contributed by atoms with Gasteiger partial charge in [-0.15, -0.1) is 0 Å². The van der Waals surface area contributed by atoms with Gasteiger partial charge >= 0.3 is 12.1 Å². The number of furan rings is 1. The quantitative estimate of drug-likeness (QED) is 0.633. The molecular formula is C19H27NO6. The molecule has 0 radical (unpaired) electrons. The zero-order valence-electron chi connectivity index (χ0n) is 15.8. The van der Waals surface area contributed by atoms with Crippen molar-refractivity contribution in [2.45, 2.75) is 65.0 Å². The molecule has 1 heterocycles. The number of rotatable bonds is 5. The predicted molar refractivity (Wildman–Crippen MR) is 93.4 cm³/mol. The van der Waals surface area contributed by atoms with Crippen molar-refractivity contribution in [3.63, 3.8) is 0 Å². The van der Waals surface area contributed by atoms with Crippen molar-refractivity contribution in [1.29, 1.82) is 0 Å². The van der Waals surface area contributed by atoms with Gasteiger partial charge < -0.3 is 19.2 Å². The lowest BCUT2D eigenvalue weighted by atomic mass is 9.67. The predicted octanol–water partition coefficient (Wildman–Crippen LogP) is 3.54. The van der Waals surface area contributed by atoms with E-state index < -0.39 is 29.1 Å². The minimum Gasteiger partial charge on any atom is -0.467 e. The molecular weight excluding hydrogens is 338 g/mol. The molecule has 26 heavy (non-hydrogen) atoms. The van der Waals surface area contributed by atoms with Crippen LogP contribution in [-0.4, -0.2) is 30.1 Å². The summed E-state index contributed by atoms with van der Waals surface area (Å²) >= 11 is 0. The summed E-state index contributed by atoms with van der Waals surface area (Å²) in [5.41, 5.74) is -2.23. The van der Waals surface area contributed by atoms with Crippen LogP contribution in [0, 0.1) is 5.41 Å². The van der Waals surface area contributed by atoms with Crippen LogP contribution in [0.2, 0.25) is 0 Å². The maximum Gasteiger partial charge on any atom is 0.408 e. The van der Waals surface area contributed by atoms with Crippen LogP contribution in [0.5, 0.6) is 0 Å². The Labute approximate surface area is 153 Å². The molecule has 1 N–H and O–H groups in total. The van der Waals surface area contributed by atoms with E-state index in [1.807, 2.05) is 0 Å². The SMILES string of the molecule is CCOC(=O)[C@@]1([C@H](NC(=O)OC(C)(C)C)c2ccco2)CCCCC1=O. The fraction of sp³-hybridized carbons (Fsp3) is 0.632. The molecule has 2 rings (SSSR count). The Kier molecular flexibility index (Phi) is 6.10. The lowest BCUT2D eigenvalue weighted by Gasteiger charge is -2.39. The Hall–Kier alpha value is -2.31. The summed E-state index contributed by atoms with van der Waals surface area (Å²) in [5, 5.41) is 2.68. The molecule has 1 saturated carbocycles. The number of alkyl carbamates (subject to hydrolysis) is 1. The van der Waals surface area contributed by atoms with Gasteiger partial charge in [0.15, 0.2) is 11.2 Å². The van der Waals surface area contributed by atoms with Crippen molar-refractivity contribution >= 4 is 17.8 Å². The lowest BCUT2D eigenvalue weighted by molar-refractivity contribution is -0.165. The van der Waals surface area contributed by atoms with E-state index in [1.54, 1.807) is 39.8 Å². The zero-order valence-corrected chi connectivity index (χ0v) is 15.8. The van der Waals surface area contributed by atoms with Crippen molar-refractivity contribution in [3.05, 3.63) is 24.2 Å². The highest BCUT2D eigenvalue weighted by Gasteiger charge is 2.56. The Morgan fingerprint density at radius 1 is 1.35 bits per heavy atom. The standard InChI is InChI=1S/C19H27NO6/c1-5-24-16(22)19(11-7-6-10-14(19)21)15(13-9-8-12-25-13)20-17(23)26-18(2,3)4/h8-9,12,15H,5-7,10-11H2,1-4H3,(H,20,23)/t15-,19+/m1/s1. The second-order valence-electron chi connectivity index (χ2n) is 7.42. The van der Waals surface area contributed by atoms with E-state index in [-0.39, 0.29) is 25.2 Å². The van der Waals surface area contributed by atoms with Crippen LogP contribution in [0.4, 0.5) is 4.79 Å². The molecule has 0 aromatic carbocycles. The summed E-state index contributed by atoms with van der Waals surface area (Å²) in [6, 6.07) is 2.29. The number of nitrogens with one attached hydrogen (secondary N) is 1. The van der Waals surface area contributed by atoms with E-state index in [0.717, 1.165) is 0 Å². The minimum atomic E-state index is -1.51. The molecule has 1 aromatic rings. The molecule has 1 aromatic heterocycles. The van der Waals surface area contributed by atoms with Gasteiger partial charge in [-0.25, -0.2) is 4.79 Å². The second kappa shape index (κ2) is 7.93. The number of ether oxygens (including phenoxy) is 2. The van der Waals surface area contributed by atoms with Gasteiger partial charge in [-0.2, -0.15) is 0 Å². The van der Waals surface area contributed by atoms with Crippen molar-refractivity contribution in [2.75, 3.05) is 6.61 Å². The smallest absolute Gasteiger partial charge is 0.408 e. The third kappa shape index (κ3) is 4.26. The molecule has 0 aliphatic heterocycles. The van der Waals surface area contributed by atoms with Crippen molar-refractivity contribution in [1.82, 2.24) is 5.32 Å². The highest BCUT2D eigenvalue weighted by molar-refractivity contribution is 6.05. The Morgan fingerprint density at radius 2 is 2.08 bits per heavy atom. The molecule has 1 amide bonds. The summed E-state index contributed by atoms with van der Waals surface area (Å²) in [7, 11) is 0. The molecule has 0 spiro atoms. The van der Waals surface area contributed by atoms with Gasteiger partial charge in [0.25, 0.3) is 0 Å². The van der Waals surface area contributed by atoms with Crippen LogP contribution in [0.3, 0.4) is 0 Å². The van der Waals surface area contributed by atoms with Gasteiger partial charge in [-0.1, -0.05) is 6.42 Å². The van der Waals surface area contributed by atoms with Crippen LogP contribution in [-0.2, 0) is 19.1 Å². The fourth-order valence-electron chi connectivity index (χ4n) is 3.27. The first-order chi connectivity index (χ1) is 12.2. The first kappa shape index (κ1) is 20.0. The number of Topliss-reactive ketones (excluding diaryl/α,β-unsaturated/α-hetero) is 1. The average molecular weight is 365 g/mol. The monoisotopic (exact) mass is 365 g/mol. The summed E-state index contributed by atoms with van der Waals surface area (Å²) < 4.78 is 16.0. The molecule has 1 aliphatic rings. The number of carbonyl (C=O) groups is 3. The second-order valence-corrected chi connectivity index (χ2v) is 7.42. The molecule has 1 fully saturated rings. The van der Waals surface area contributed by atoms with Crippen LogP contribution in [0.15, 0.2) is 22.8 Å². The lowest BCUT2D eigenvalue weighted by Crippen LogP contribution is -2.53. The normalized spacial score (nSPS) is 21.8. The van der Waals surface area contributed by atoms with E-state index in [2.05, 4.69) is 5.32 Å². The van der Waals surface area contributed by atoms with Gasteiger partial charge in [0.1, 0.15) is 17.4 Å². The molecule has 7 nitrogen and oxygen atoms in total. The molecule has 0 unspecified atom stereocenters. The maximum absolute atomic E-state index is 12.9. The van der Waals surface area contributed by atoms with E-state index in [1.165, 1.54) is 6.26 Å². The maximum atomic E-state index is 12.9. The molecule has 144 valence electrons. The van der Waals surface area contributed by atoms with Crippen molar-refractivity contribution < 1.29 is 28.3 Å². The van der Waals surface area contributed by atoms with Crippen LogP contribution < -0.4 is 5.32 Å². The number of carbonyl (C=O) groups excluding carboxylic acids is 3. The molecule has 1 aliphatic carbocycles. The number of hydrogen-bond acceptors (Lipinski definition) is 6. The first-order valence-electron chi connectivity index (χ1n) is 8.94. The van der Waals surface area contributed by atoms with Gasteiger partial charge in [-0.3, -0.25) is 9.59 Å². The Morgan fingerprint density at radius 3 is 2.62 bits per heavy atom. The van der Waals surface area contributed by atoms with Crippen LogP contribution in [0.1, 0.15) is 65.2 Å². The largest absolute Gasteiger partial charge is 0.467 e. The zero-order chi connectivity index (χ0) is 19.4. The third-order valence-electron chi connectivity index (χ3n) is 4.34. The summed E-state index contributed by atoms with van der Waals surface area (Å²) in [6.07, 6.45) is 2.64. The van der Waals surface area contributed by atoms with E-state index in [4.69, 9.17) is 13.9 Å². The minimum absolute atomic E-state index is 0.144. The number of hydrogen-bond donors (Lipinski definition) is 1. The van der Waals surface area contributed by atoms with Gasteiger partial charge in [0.2, 0.25) is 0 Å². The average Bonchev–Trinajstić information content (AvgIpc) is 3.06. The van der Waals surface area contributed by atoms with Gasteiger partial charge in [0.05, 0.1) is 12.9 Å². The molecule has 0 bridgehead atoms. The molecule has 7 heteroatoms. The first-order valence-corrected chi connectivity index (χ1v) is 8.94. The van der Waals surface area contributed by atoms with Crippen LogP contribution in [0.25, 0.3) is 0 Å². The Bertz CT molecular complexity index is 645. The number of amides is 1. The number of ketones is 1. The molecule has 0 saturated heterocycles. The van der Waals surface area contributed by atoms with E-state index >= 15 is 0 Å². The highest BCUT2D eigenvalue weighted by atomic mass is 16.6. The van der Waals surface area contributed by atoms with Gasteiger partial charge in [0, 0.05) is 6.42 Å². The summed E-state index contributed by atoms with van der Waals surface area (Å²) in [6.45, 7) is 7.04. The topological polar surface area (TPSA) is 94.8 Å². The third-order valence-corrected chi connectivity index (χ3v) is 4.34. The molecule has 2 atom stereocenters. The van der Waals surface area contributed by atoms with Gasteiger partial charge in [-0.05, 0) is 52.7 Å².